The lowest BCUT2D eigenvalue weighted by Crippen LogP contribution is -2.50. The van der Waals surface area contributed by atoms with Crippen LogP contribution in [0.5, 0.6) is 0 Å². The summed E-state index contributed by atoms with van der Waals surface area (Å²) < 4.78 is 37.2. The molecule has 0 aliphatic heterocycles. The predicted octanol–water partition coefficient (Wildman–Crippen LogP) is 0.580. The minimum atomic E-state index is -4.29. The highest BCUT2D eigenvalue weighted by atomic mass is 19.4. The fraction of sp³-hybridized carbons (Fsp3) is 1.00. The molecule has 0 rings (SSSR count). The van der Waals surface area contributed by atoms with E-state index in [0.717, 1.165) is 0 Å². The first-order chi connectivity index (χ1) is 6.47. The molecule has 14 heavy (non-hydrogen) atoms. The number of nitrogens with two attached hydrogens (primary N) is 1. The largest absolute Gasteiger partial charge is 0.405 e. The Hall–Kier alpha value is -0.330. The van der Waals surface area contributed by atoms with Crippen molar-refractivity contribution in [2.45, 2.75) is 25.6 Å². The highest BCUT2D eigenvalue weighted by Gasteiger charge is 2.41. The first kappa shape index (κ1) is 13.7. The smallest absolute Gasteiger partial charge is 0.396 e. The van der Waals surface area contributed by atoms with E-state index in [9.17, 15) is 13.2 Å². The zero-order chi connectivity index (χ0) is 11.2. The third kappa shape index (κ3) is 4.26. The highest BCUT2D eigenvalue weighted by molar-refractivity contribution is 4.78. The van der Waals surface area contributed by atoms with E-state index in [4.69, 9.17) is 10.8 Å². The van der Waals surface area contributed by atoms with Crippen LogP contribution in [0.15, 0.2) is 0 Å². The van der Waals surface area contributed by atoms with Gasteiger partial charge in [-0.25, -0.2) is 0 Å². The summed E-state index contributed by atoms with van der Waals surface area (Å²) >= 11 is 0. The van der Waals surface area contributed by atoms with Gasteiger partial charge in [-0.05, 0) is 13.0 Å². The summed E-state index contributed by atoms with van der Waals surface area (Å²) in [7, 11) is 0. The number of halogens is 3. The molecule has 0 saturated heterocycles. The SMILES string of the molecule is CCN(CCCO)C(CN)C(F)(F)F. The van der Waals surface area contributed by atoms with Gasteiger partial charge in [0.2, 0.25) is 0 Å². The van der Waals surface area contributed by atoms with Gasteiger partial charge in [0, 0.05) is 19.7 Å². The van der Waals surface area contributed by atoms with Crippen LogP contribution in [0.1, 0.15) is 13.3 Å². The number of hydrogen-bond donors (Lipinski definition) is 2. The van der Waals surface area contributed by atoms with E-state index < -0.39 is 18.8 Å². The zero-order valence-corrected chi connectivity index (χ0v) is 8.22. The van der Waals surface area contributed by atoms with Crippen LogP contribution in [-0.2, 0) is 0 Å². The summed E-state index contributed by atoms with van der Waals surface area (Å²) in [4.78, 5) is 1.23. The van der Waals surface area contributed by atoms with Gasteiger partial charge in [0.1, 0.15) is 6.04 Å². The fourth-order valence-electron chi connectivity index (χ4n) is 1.30. The Bertz CT molecular complexity index is 152. The Morgan fingerprint density at radius 3 is 2.29 bits per heavy atom. The molecule has 86 valence electrons. The third-order valence-electron chi connectivity index (χ3n) is 2.05. The molecule has 0 saturated carbocycles. The average Bonchev–Trinajstić information content (AvgIpc) is 2.09. The molecule has 0 aliphatic carbocycles. The standard InChI is InChI=1S/C8H17F3N2O/c1-2-13(4-3-5-14)7(6-12)8(9,10)11/h7,14H,2-6,12H2,1H3. The maximum atomic E-state index is 12.4. The van der Waals surface area contributed by atoms with Crippen molar-refractivity contribution in [1.82, 2.24) is 4.90 Å². The third-order valence-corrected chi connectivity index (χ3v) is 2.05. The number of likely N-dealkylation sites (N-methyl/N-ethyl adjacent to an activating group) is 1. The molecule has 6 heteroatoms. The molecule has 1 unspecified atom stereocenters. The molecule has 3 N–H and O–H groups in total. The second-order valence-corrected chi connectivity index (χ2v) is 3.00. The Kier molecular flexibility index (Phi) is 6.06. The van der Waals surface area contributed by atoms with E-state index in [2.05, 4.69) is 0 Å². The van der Waals surface area contributed by atoms with Gasteiger partial charge >= 0.3 is 6.18 Å². The van der Waals surface area contributed by atoms with Crippen LogP contribution < -0.4 is 5.73 Å². The first-order valence-electron chi connectivity index (χ1n) is 4.59. The number of hydrogen-bond acceptors (Lipinski definition) is 3. The zero-order valence-electron chi connectivity index (χ0n) is 8.22. The lowest BCUT2D eigenvalue weighted by atomic mass is 10.2. The van der Waals surface area contributed by atoms with Crippen LogP contribution >= 0.6 is 0 Å². The number of aliphatic hydroxyl groups is 1. The van der Waals surface area contributed by atoms with Crippen LogP contribution in [0, 0.1) is 0 Å². The van der Waals surface area contributed by atoms with Gasteiger partial charge in [-0.2, -0.15) is 13.2 Å². The maximum absolute atomic E-state index is 12.4. The number of nitrogens with zero attached hydrogens (tertiary/aromatic N) is 1. The monoisotopic (exact) mass is 214 g/mol. The van der Waals surface area contributed by atoms with E-state index >= 15 is 0 Å². The molecule has 3 nitrogen and oxygen atoms in total. The van der Waals surface area contributed by atoms with Gasteiger partial charge in [-0.1, -0.05) is 6.92 Å². The van der Waals surface area contributed by atoms with Gasteiger partial charge in [-0.3, -0.25) is 4.90 Å². The number of alkyl halides is 3. The van der Waals surface area contributed by atoms with Gasteiger partial charge in [0.05, 0.1) is 0 Å². The molecule has 0 bridgehead atoms. The van der Waals surface area contributed by atoms with Crippen molar-refractivity contribution in [3.8, 4) is 0 Å². The fourth-order valence-corrected chi connectivity index (χ4v) is 1.30. The van der Waals surface area contributed by atoms with Crippen LogP contribution in [0.4, 0.5) is 13.2 Å². The quantitative estimate of drug-likeness (QED) is 0.680. The van der Waals surface area contributed by atoms with Crippen molar-refractivity contribution in [3.63, 3.8) is 0 Å². The Morgan fingerprint density at radius 2 is 2.00 bits per heavy atom. The van der Waals surface area contributed by atoms with Crippen LogP contribution in [0.25, 0.3) is 0 Å². The Balaban J connectivity index is 4.29. The van der Waals surface area contributed by atoms with Crippen molar-refractivity contribution in [3.05, 3.63) is 0 Å². The van der Waals surface area contributed by atoms with Crippen molar-refractivity contribution < 1.29 is 18.3 Å². The lowest BCUT2D eigenvalue weighted by molar-refractivity contribution is -0.180. The minimum Gasteiger partial charge on any atom is -0.396 e. The van der Waals surface area contributed by atoms with E-state index in [1.807, 2.05) is 0 Å². The van der Waals surface area contributed by atoms with Crippen molar-refractivity contribution in [2.24, 2.45) is 5.73 Å². The summed E-state index contributed by atoms with van der Waals surface area (Å²) in [6, 6.07) is -1.60. The van der Waals surface area contributed by atoms with Gasteiger partial charge < -0.3 is 10.8 Å². The summed E-state index contributed by atoms with van der Waals surface area (Å²) in [5.74, 6) is 0. The topological polar surface area (TPSA) is 49.5 Å². The summed E-state index contributed by atoms with van der Waals surface area (Å²) in [5.41, 5.74) is 5.08. The second-order valence-electron chi connectivity index (χ2n) is 3.00. The second kappa shape index (κ2) is 6.21. The molecule has 1 atom stereocenters. The Morgan fingerprint density at radius 1 is 1.43 bits per heavy atom. The van der Waals surface area contributed by atoms with Crippen molar-refractivity contribution in [1.29, 1.82) is 0 Å². The first-order valence-corrected chi connectivity index (χ1v) is 4.59. The van der Waals surface area contributed by atoms with E-state index in [0.29, 0.717) is 6.42 Å². The van der Waals surface area contributed by atoms with Gasteiger partial charge in [0.25, 0.3) is 0 Å². The van der Waals surface area contributed by atoms with Crippen molar-refractivity contribution >= 4 is 0 Å². The predicted molar refractivity (Wildman–Crippen MR) is 47.8 cm³/mol. The summed E-state index contributed by atoms with van der Waals surface area (Å²) in [6.45, 7) is 1.59. The van der Waals surface area contributed by atoms with Crippen LogP contribution in [0.3, 0.4) is 0 Å². The molecule has 0 spiro atoms. The van der Waals surface area contributed by atoms with E-state index in [-0.39, 0.29) is 19.7 Å². The molecule has 0 aromatic carbocycles. The highest BCUT2D eigenvalue weighted by Crippen LogP contribution is 2.24. The summed E-state index contributed by atoms with van der Waals surface area (Å²) in [5, 5.41) is 8.53. The molecule has 0 amide bonds. The normalized spacial score (nSPS) is 14.8. The average molecular weight is 214 g/mol. The molecule has 0 aromatic rings. The molecule has 0 radical (unpaired) electrons. The molecule has 0 heterocycles. The van der Waals surface area contributed by atoms with Gasteiger partial charge in [-0.15, -0.1) is 0 Å². The number of rotatable bonds is 6. The molecular formula is C8H17F3N2O. The number of aliphatic hydroxyl groups excluding tert-OH is 1. The Labute approximate surface area is 81.7 Å². The maximum Gasteiger partial charge on any atom is 0.405 e. The molecular weight excluding hydrogens is 197 g/mol. The van der Waals surface area contributed by atoms with Gasteiger partial charge in [0.15, 0.2) is 0 Å². The van der Waals surface area contributed by atoms with E-state index in [1.165, 1.54) is 4.90 Å². The lowest BCUT2D eigenvalue weighted by Gasteiger charge is -2.31. The minimum absolute atomic E-state index is 0.106. The molecule has 0 fully saturated rings. The van der Waals surface area contributed by atoms with Crippen LogP contribution in [0.2, 0.25) is 0 Å². The van der Waals surface area contributed by atoms with Crippen molar-refractivity contribution in [2.75, 3.05) is 26.2 Å². The van der Waals surface area contributed by atoms with Crippen LogP contribution in [-0.4, -0.2) is 48.5 Å². The summed E-state index contributed by atoms with van der Waals surface area (Å²) in [6.07, 6.45) is -3.96. The molecule has 0 aromatic heterocycles. The molecule has 0 aliphatic rings. The van der Waals surface area contributed by atoms with E-state index in [1.54, 1.807) is 6.92 Å².